The van der Waals surface area contributed by atoms with Crippen LogP contribution in [0.4, 0.5) is 0 Å². The van der Waals surface area contributed by atoms with E-state index in [0.717, 1.165) is 0 Å². The number of furan rings is 1. The first-order valence-electron chi connectivity index (χ1n) is 7.52. The maximum absolute atomic E-state index is 12.6. The van der Waals surface area contributed by atoms with Crippen molar-refractivity contribution in [1.82, 2.24) is 14.9 Å². The second-order valence-electron chi connectivity index (χ2n) is 5.26. The van der Waals surface area contributed by atoms with Gasteiger partial charge in [0.15, 0.2) is 11.5 Å². The van der Waals surface area contributed by atoms with Gasteiger partial charge in [-0.2, -0.15) is 0 Å². The SMILES string of the molecule is COc1cc2ncn(CC(=O)NCc3ccco3)c(=O)c2cc1OC. The van der Waals surface area contributed by atoms with E-state index in [1.54, 1.807) is 24.3 Å². The number of hydrogen-bond donors (Lipinski definition) is 1. The van der Waals surface area contributed by atoms with E-state index in [0.29, 0.717) is 28.2 Å². The highest BCUT2D eigenvalue weighted by Gasteiger charge is 2.12. The normalized spacial score (nSPS) is 10.6. The first-order valence-corrected chi connectivity index (χ1v) is 7.52. The largest absolute Gasteiger partial charge is 0.493 e. The monoisotopic (exact) mass is 343 g/mol. The van der Waals surface area contributed by atoms with E-state index in [4.69, 9.17) is 13.9 Å². The number of amides is 1. The minimum atomic E-state index is -0.334. The third-order valence-electron chi connectivity index (χ3n) is 3.68. The average Bonchev–Trinajstić information content (AvgIpc) is 3.15. The van der Waals surface area contributed by atoms with Crippen molar-refractivity contribution in [3.05, 3.63) is 53.0 Å². The second kappa shape index (κ2) is 7.08. The van der Waals surface area contributed by atoms with Crippen molar-refractivity contribution >= 4 is 16.8 Å². The molecule has 3 rings (SSSR count). The zero-order chi connectivity index (χ0) is 17.8. The number of fused-ring (bicyclic) bond motifs is 1. The van der Waals surface area contributed by atoms with Gasteiger partial charge in [-0.05, 0) is 18.2 Å². The van der Waals surface area contributed by atoms with Crippen LogP contribution in [-0.4, -0.2) is 29.7 Å². The summed E-state index contributed by atoms with van der Waals surface area (Å²) in [5, 5.41) is 3.03. The van der Waals surface area contributed by atoms with Gasteiger partial charge in [0, 0.05) is 6.07 Å². The lowest BCUT2D eigenvalue weighted by molar-refractivity contribution is -0.122. The molecule has 0 saturated carbocycles. The molecule has 2 aromatic heterocycles. The summed E-state index contributed by atoms with van der Waals surface area (Å²) in [7, 11) is 2.99. The highest BCUT2D eigenvalue weighted by molar-refractivity contribution is 5.82. The lowest BCUT2D eigenvalue weighted by Gasteiger charge is -2.10. The van der Waals surface area contributed by atoms with Gasteiger partial charge in [0.05, 0.1) is 44.3 Å². The molecule has 2 heterocycles. The molecule has 1 aromatic carbocycles. The Morgan fingerprint density at radius 1 is 1.28 bits per heavy atom. The van der Waals surface area contributed by atoms with Gasteiger partial charge in [0.1, 0.15) is 12.3 Å². The lowest BCUT2D eigenvalue weighted by Crippen LogP contribution is -2.32. The van der Waals surface area contributed by atoms with Gasteiger partial charge in [-0.25, -0.2) is 4.98 Å². The van der Waals surface area contributed by atoms with Crippen LogP contribution in [0.2, 0.25) is 0 Å². The van der Waals surface area contributed by atoms with E-state index in [1.165, 1.54) is 31.4 Å². The molecule has 130 valence electrons. The Labute approximate surface area is 143 Å². The smallest absolute Gasteiger partial charge is 0.261 e. The number of carbonyl (C=O) groups is 1. The summed E-state index contributed by atoms with van der Waals surface area (Å²) in [5.41, 5.74) is 0.133. The summed E-state index contributed by atoms with van der Waals surface area (Å²) in [6.07, 6.45) is 2.87. The quantitative estimate of drug-likeness (QED) is 0.725. The lowest BCUT2D eigenvalue weighted by atomic mass is 10.2. The number of rotatable bonds is 6. The summed E-state index contributed by atoms with van der Waals surface area (Å²) in [6, 6.07) is 6.67. The van der Waals surface area contributed by atoms with Crippen LogP contribution >= 0.6 is 0 Å². The summed E-state index contributed by atoms with van der Waals surface area (Å²) >= 11 is 0. The fourth-order valence-corrected chi connectivity index (χ4v) is 2.41. The Balaban J connectivity index is 1.83. The third kappa shape index (κ3) is 3.47. The van der Waals surface area contributed by atoms with E-state index in [9.17, 15) is 9.59 Å². The molecule has 0 spiro atoms. The van der Waals surface area contributed by atoms with Crippen LogP contribution in [0.25, 0.3) is 10.9 Å². The van der Waals surface area contributed by atoms with Gasteiger partial charge in [0.25, 0.3) is 5.56 Å². The predicted octanol–water partition coefficient (Wildman–Crippen LogP) is 1.32. The zero-order valence-corrected chi connectivity index (χ0v) is 13.8. The van der Waals surface area contributed by atoms with Gasteiger partial charge < -0.3 is 19.2 Å². The Hall–Kier alpha value is -3.29. The number of hydrogen-bond acceptors (Lipinski definition) is 6. The van der Waals surface area contributed by atoms with Gasteiger partial charge in [-0.15, -0.1) is 0 Å². The average molecular weight is 343 g/mol. The number of ether oxygens (including phenoxy) is 2. The highest BCUT2D eigenvalue weighted by Crippen LogP contribution is 2.29. The molecule has 0 aliphatic heterocycles. The molecule has 0 saturated heterocycles. The van der Waals surface area contributed by atoms with Gasteiger partial charge >= 0.3 is 0 Å². The first kappa shape index (κ1) is 16.6. The summed E-state index contributed by atoms with van der Waals surface area (Å²) in [6.45, 7) is 0.115. The van der Waals surface area contributed by atoms with Crippen molar-refractivity contribution in [2.24, 2.45) is 0 Å². The molecule has 3 aromatic rings. The fraction of sp³-hybridized carbons (Fsp3) is 0.235. The summed E-state index contributed by atoms with van der Waals surface area (Å²) < 4.78 is 16.8. The molecule has 0 aliphatic carbocycles. The van der Waals surface area contributed by atoms with Crippen LogP contribution in [0.3, 0.4) is 0 Å². The van der Waals surface area contributed by atoms with Crippen LogP contribution in [0.15, 0.2) is 46.1 Å². The number of carbonyl (C=O) groups excluding carboxylic acids is 1. The standard InChI is InChI=1S/C17H17N3O5/c1-23-14-6-12-13(7-15(14)24-2)19-10-20(17(12)22)9-16(21)18-8-11-4-3-5-25-11/h3-7,10H,8-9H2,1-2H3,(H,18,21). The number of aromatic nitrogens is 2. The minimum absolute atomic E-state index is 0.142. The number of benzene rings is 1. The van der Waals surface area contributed by atoms with Crippen molar-refractivity contribution in [3.63, 3.8) is 0 Å². The van der Waals surface area contributed by atoms with E-state index in [2.05, 4.69) is 10.3 Å². The number of nitrogens with zero attached hydrogens (tertiary/aromatic N) is 2. The second-order valence-corrected chi connectivity index (χ2v) is 5.26. The molecule has 25 heavy (non-hydrogen) atoms. The molecule has 0 fully saturated rings. The molecule has 0 bridgehead atoms. The highest BCUT2D eigenvalue weighted by atomic mass is 16.5. The van der Waals surface area contributed by atoms with E-state index >= 15 is 0 Å². The van der Waals surface area contributed by atoms with Gasteiger partial charge in [0.2, 0.25) is 5.91 Å². The maximum Gasteiger partial charge on any atom is 0.261 e. The van der Waals surface area contributed by atoms with Crippen LogP contribution in [0, 0.1) is 0 Å². The van der Waals surface area contributed by atoms with Gasteiger partial charge in [-0.3, -0.25) is 14.2 Å². The third-order valence-corrected chi connectivity index (χ3v) is 3.68. The Kier molecular flexibility index (Phi) is 4.69. The Bertz CT molecular complexity index is 947. The number of methoxy groups -OCH3 is 2. The van der Waals surface area contributed by atoms with Crippen molar-refractivity contribution in [2.75, 3.05) is 14.2 Å². The van der Waals surface area contributed by atoms with Gasteiger partial charge in [-0.1, -0.05) is 0 Å². The molecule has 0 radical (unpaired) electrons. The fourth-order valence-electron chi connectivity index (χ4n) is 2.41. The molecular weight excluding hydrogens is 326 g/mol. The minimum Gasteiger partial charge on any atom is -0.493 e. The molecule has 1 N–H and O–H groups in total. The van der Waals surface area contributed by atoms with Crippen LogP contribution in [0.1, 0.15) is 5.76 Å². The molecule has 0 atom stereocenters. The van der Waals surface area contributed by atoms with Crippen molar-refractivity contribution in [3.8, 4) is 11.5 Å². The van der Waals surface area contributed by atoms with Crippen molar-refractivity contribution in [1.29, 1.82) is 0 Å². The van der Waals surface area contributed by atoms with E-state index < -0.39 is 0 Å². The summed E-state index contributed by atoms with van der Waals surface area (Å²) in [5.74, 6) is 1.22. The van der Waals surface area contributed by atoms with Crippen LogP contribution < -0.4 is 20.3 Å². The van der Waals surface area contributed by atoms with E-state index in [1.807, 2.05) is 0 Å². The van der Waals surface area contributed by atoms with E-state index in [-0.39, 0.29) is 24.6 Å². The molecular formula is C17H17N3O5. The van der Waals surface area contributed by atoms with Crippen molar-refractivity contribution in [2.45, 2.75) is 13.1 Å². The summed E-state index contributed by atoms with van der Waals surface area (Å²) in [4.78, 5) is 28.8. The van der Waals surface area contributed by atoms with Crippen molar-refractivity contribution < 1.29 is 18.7 Å². The zero-order valence-electron chi connectivity index (χ0n) is 13.8. The predicted molar refractivity (Wildman–Crippen MR) is 89.7 cm³/mol. The maximum atomic E-state index is 12.6. The van der Waals surface area contributed by atoms with Crippen LogP contribution in [0.5, 0.6) is 11.5 Å². The molecule has 0 aliphatic rings. The Morgan fingerprint density at radius 3 is 2.72 bits per heavy atom. The first-order chi connectivity index (χ1) is 12.1. The topological polar surface area (TPSA) is 95.6 Å². The van der Waals surface area contributed by atoms with Crippen LogP contribution in [-0.2, 0) is 17.9 Å². The molecule has 8 nitrogen and oxygen atoms in total. The number of nitrogens with one attached hydrogen (secondary N) is 1. The molecule has 8 heteroatoms. The Morgan fingerprint density at radius 2 is 2.04 bits per heavy atom. The molecule has 1 amide bonds. The molecule has 0 unspecified atom stereocenters.